The maximum Gasteiger partial charge on any atom is 0.266 e. The first-order valence-electron chi connectivity index (χ1n) is 4.52. The fourth-order valence-corrected chi connectivity index (χ4v) is 1.98. The van der Waals surface area contributed by atoms with E-state index in [2.05, 4.69) is 20.9 Å². The Labute approximate surface area is 94.4 Å². The van der Waals surface area contributed by atoms with Gasteiger partial charge in [-0.15, -0.1) is 0 Å². The van der Waals surface area contributed by atoms with Gasteiger partial charge in [-0.25, -0.2) is 13.8 Å². The Morgan fingerprint density at radius 3 is 2.80 bits per heavy atom. The Balaban J connectivity index is 2.24. The van der Waals surface area contributed by atoms with Gasteiger partial charge in [0, 0.05) is 23.6 Å². The fourth-order valence-electron chi connectivity index (χ4n) is 1.63. The third-order valence-corrected chi connectivity index (χ3v) is 2.76. The van der Waals surface area contributed by atoms with Crippen molar-refractivity contribution < 1.29 is 8.78 Å². The largest absolute Gasteiger partial charge is 0.396 e. The van der Waals surface area contributed by atoms with Gasteiger partial charge >= 0.3 is 0 Å². The quantitative estimate of drug-likeness (QED) is 0.856. The van der Waals surface area contributed by atoms with Crippen LogP contribution in [-0.4, -0.2) is 24.0 Å². The van der Waals surface area contributed by atoms with Crippen molar-refractivity contribution in [3.8, 4) is 0 Å². The second kappa shape index (κ2) is 3.59. The van der Waals surface area contributed by atoms with Crippen LogP contribution in [0.3, 0.4) is 0 Å². The van der Waals surface area contributed by atoms with E-state index >= 15 is 0 Å². The van der Waals surface area contributed by atoms with Gasteiger partial charge in [0.05, 0.1) is 12.2 Å². The number of pyridine rings is 1. The van der Waals surface area contributed by atoms with Crippen LogP contribution < -0.4 is 10.6 Å². The molecular formula is C9H10BrF2N3. The van der Waals surface area contributed by atoms with Gasteiger partial charge < -0.3 is 10.6 Å². The van der Waals surface area contributed by atoms with Crippen molar-refractivity contribution in [3.63, 3.8) is 0 Å². The summed E-state index contributed by atoms with van der Waals surface area (Å²) >= 11 is 3.22. The van der Waals surface area contributed by atoms with E-state index in [1.807, 2.05) is 0 Å². The van der Waals surface area contributed by atoms with Crippen LogP contribution in [0.15, 0.2) is 16.7 Å². The Morgan fingerprint density at radius 1 is 1.53 bits per heavy atom. The zero-order valence-corrected chi connectivity index (χ0v) is 9.47. The first-order valence-corrected chi connectivity index (χ1v) is 5.31. The van der Waals surface area contributed by atoms with Gasteiger partial charge in [0.25, 0.3) is 5.92 Å². The summed E-state index contributed by atoms with van der Waals surface area (Å²) in [6.07, 6.45) is 1.42. The highest BCUT2D eigenvalue weighted by Crippen LogP contribution is 2.33. The summed E-state index contributed by atoms with van der Waals surface area (Å²) < 4.78 is 26.7. The van der Waals surface area contributed by atoms with Gasteiger partial charge in [-0.05, 0) is 22.0 Å². The lowest BCUT2D eigenvalue weighted by Gasteiger charge is -2.18. The molecule has 0 radical (unpaired) electrons. The number of nitrogen functional groups attached to an aromatic ring is 1. The molecule has 1 fully saturated rings. The van der Waals surface area contributed by atoms with Gasteiger partial charge in [0.2, 0.25) is 0 Å². The summed E-state index contributed by atoms with van der Waals surface area (Å²) in [5.74, 6) is -2.18. The summed E-state index contributed by atoms with van der Waals surface area (Å²) in [6.45, 7) is -0.00232. The van der Waals surface area contributed by atoms with E-state index in [4.69, 9.17) is 5.73 Å². The average molecular weight is 278 g/mol. The van der Waals surface area contributed by atoms with Crippen molar-refractivity contribution in [1.82, 2.24) is 4.98 Å². The van der Waals surface area contributed by atoms with E-state index in [1.165, 1.54) is 4.90 Å². The Morgan fingerprint density at radius 2 is 2.27 bits per heavy atom. The molecule has 0 aliphatic carbocycles. The minimum atomic E-state index is -2.62. The molecule has 0 unspecified atom stereocenters. The standard InChI is InChI=1S/C9H10BrF2N3/c10-6-3-7(13)8(14-4-6)15-2-1-9(11,12)5-15/h3-4H,1-2,5,13H2. The number of hydrogen-bond donors (Lipinski definition) is 1. The minimum Gasteiger partial charge on any atom is -0.396 e. The van der Waals surface area contributed by atoms with Gasteiger partial charge in [0.15, 0.2) is 5.82 Å². The van der Waals surface area contributed by atoms with E-state index in [0.717, 1.165) is 4.47 Å². The Bertz CT molecular complexity index is 384. The van der Waals surface area contributed by atoms with Crippen LogP contribution in [0.4, 0.5) is 20.3 Å². The van der Waals surface area contributed by atoms with Crippen LogP contribution in [0, 0.1) is 0 Å². The van der Waals surface area contributed by atoms with Crippen molar-refractivity contribution in [1.29, 1.82) is 0 Å². The summed E-state index contributed by atoms with van der Waals surface area (Å²) in [5, 5.41) is 0. The van der Waals surface area contributed by atoms with E-state index < -0.39 is 5.92 Å². The third-order valence-electron chi connectivity index (χ3n) is 2.33. The van der Waals surface area contributed by atoms with Crippen LogP contribution in [0.25, 0.3) is 0 Å². The lowest BCUT2D eigenvalue weighted by atomic mass is 10.3. The number of anilines is 2. The third kappa shape index (κ3) is 2.19. The number of nitrogens with zero attached hydrogens (tertiary/aromatic N) is 2. The fraction of sp³-hybridized carbons (Fsp3) is 0.444. The topological polar surface area (TPSA) is 42.1 Å². The molecule has 0 atom stereocenters. The summed E-state index contributed by atoms with van der Waals surface area (Å²) in [5.41, 5.74) is 6.13. The van der Waals surface area contributed by atoms with Gasteiger partial charge in [-0.3, -0.25) is 0 Å². The molecule has 2 rings (SSSR count). The average Bonchev–Trinajstić information content (AvgIpc) is 2.46. The zero-order chi connectivity index (χ0) is 11.1. The number of rotatable bonds is 1. The smallest absolute Gasteiger partial charge is 0.266 e. The number of hydrogen-bond acceptors (Lipinski definition) is 3. The molecule has 1 aromatic rings. The molecule has 0 aromatic carbocycles. The summed E-state index contributed by atoms with van der Waals surface area (Å²) in [6, 6.07) is 1.67. The molecule has 1 aliphatic heterocycles. The van der Waals surface area contributed by atoms with Crippen molar-refractivity contribution in [2.45, 2.75) is 12.3 Å². The second-order valence-corrected chi connectivity index (χ2v) is 4.51. The molecule has 3 nitrogen and oxygen atoms in total. The van der Waals surface area contributed by atoms with E-state index in [0.29, 0.717) is 18.1 Å². The Kier molecular flexibility index (Phi) is 2.54. The maximum absolute atomic E-state index is 13.0. The summed E-state index contributed by atoms with van der Waals surface area (Å²) in [4.78, 5) is 5.56. The van der Waals surface area contributed by atoms with Crippen LogP contribution in [0.2, 0.25) is 0 Å². The predicted octanol–water partition coefficient (Wildman–Crippen LogP) is 2.27. The van der Waals surface area contributed by atoms with E-state index in [9.17, 15) is 8.78 Å². The molecule has 2 heterocycles. The van der Waals surface area contributed by atoms with Crippen LogP contribution >= 0.6 is 15.9 Å². The molecule has 0 saturated carbocycles. The van der Waals surface area contributed by atoms with Crippen LogP contribution in [-0.2, 0) is 0 Å². The number of aromatic nitrogens is 1. The lowest BCUT2D eigenvalue weighted by molar-refractivity contribution is 0.0257. The zero-order valence-electron chi connectivity index (χ0n) is 7.88. The number of halogens is 3. The Hall–Kier alpha value is -0.910. The molecule has 15 heavy (non-hydrogen) atoms. The van der Waals surface area contributed by atoms with Crippen molar-refractivity contribution in [2.24, 2.45) is 0 Å². The lowest BCUT2D eigenvalue weighted by Crippen LogP contribution is -2.26. The first-order chi connectivity index (χ1) is 6.98. The van der Waals surface area contributed by atoms with Crippen molar-refractivity contribution >= 4 is 27.4 Å². The molecule has 1 saturated heterocycles. The molecule has 1 aliphatic rings. The van der Waals surface area contributed by atoms with Gasteiger partial charge in [-0.1, -0.05) is 0 Å². The van der Waals surface area contributed by atoms with E-state index in [1.54, 1.807) is 12.3 Å². The van der Waals surface area contributed by atoms with Crippen molar-refractivity contribution in [2.75, 3.05) is 23.7 Å². The maximum atomic E-state index is 13.0. The molecule has 0 amide bonds. The molecule has 0 bridgehead atoms. The monoisotopic (exact) mass is 277 g/mol. The van der Waals surface area contributed by atoms with Gasteiger partial charge in [0.1, 0.15) is 0 Å². The van der Waals surface area contributed by atoms with Crippen LogP contribution in [0.1, 0.15) is 6.42 Å². The highest BCUT2D eigenvalue weighted by molar-refractivity contribution is 9.10. The molecule has 2 N–H and O–H groups in total. The van der Waals surface area contributed by atoms with Gasteiger partial charge in [-0.2, -0.15) is 0 Å². The van der Waals surface area contributed by atoms with Crippen LogP contribution in [0.5, 0.6) is 0 Å². The van der Waals surface area contributed by atoms with Crippen molar-refractivity contribution in [3.05, 3.63) is 16.7 Å². The first kappa shape index (κ1) is 10.6. The molecule has 82 valence electrons. The van der Waals surface area contributed by atoms with E-state index in [-0.39, 0.29) is 13.0 Å². The predicted molar refractivity (Wildman–Crippen MR) is 58.1 cm³/mol. The number of nitrogens with two attached hydrogens (primary N) is 1. The number of alkyl halides is 2. The molecule has 6 heteroatoms. The second-order valence-electron chi connectivity index (χ2n) is 3.59. The molecule has 1 aromatic heterocycles. The molecule has 0 spiro atoms. The minimum absolute atomic E-state index is 0.135. The highest BCUT2D eigenvalue weighted by atomic mass is 79.9. The summed E-state index contributed by atoms with van der Waals surface area (Å²) in [7, 11) is 0. The highest BCUT2D eigenvalue weighted by Gasteiger charge is 2.39. The molecular weight excluding hydrogens is 268 g/mol. The SMILES string of the molecule is Nc1cc(Br)cnc1N1CCC(F)(F)C1. The normalized spacial score (nSPS) is 19.5.